The van der Waals surface area contributed by atoms with Crippen LogP contribution in [0.3, 0.4) is 0 Å². The number of carboxylic acids is 1. The molecule has 0 spiro atoms. The summed E-state index contributed by atoms with van der Waals surface area (Å²) in [5.41, 5.74) is 1.73. The predicted molar refractivity (Wildman–Crippen MR) is 71.4 cm³/mol. The Morgan fingerprint density at radius 1 is 1.58 bits per heavy atom. The van der Waals surface area contributed by atoms with Crippen molar-refractivity contribution >= 4 is 5.97 Å². The van der Waals surface area contributed by atoms with Gasteiger partial charge in [-0.25, -0.2) is 0 Å². The molecule has 100 valence electrons. The Morgan fingerprint density at radius 3 is 2.89 bits per heavy atom. The Hall–Kier alpha value is -1.86. The molecule has 1 unspecified atom stereocenters. The molecule has 0 aromatic heterocycles. The summed E-state index contributed by atoms with van der Waals surface area (Å²) < 4.78 is 0. The van der Waals surface area contributed by atoms with Crippen LogP contribution in [0.1, 0.15) is 30.9 Å². The number of rotatable bonds is 6. The van der Waals surface area contributed by atoms with Gasteiger partial charge in [0.1, 0.15) is 0 Å². The summed E-state index contributed by atoms with van der Waals surface area (Å²) in [5.74, 6) is -1.11. The zero-order valence-electron chi connectivity index (χ0n) is 11.0. The highest BCUT2D eigenvalue weighted by atomic mass is 16.4. The largest absolute Gasteiger partial charge is 0.481 e. The van der Waals surface area contributed by atoms with Crippen molar-refractivity contribution in [2.24, 2.45) is 5.92 Å². The maximum absolute atomic E-state index is 11.0. The van der Waals surface area contributed by atoms with Crippen LogP contribution in [0.25, 0.3) is 0 Å². The van der Waals surface area contributed by atoms with Crippen LogP contribution in [0.4, 0.5) is 0 Å². The average molecular weight is 258 g/mol. The van der Waals surface area contributed by atoms with E-state index in [1.165, 1.54) is 0 Å². The topological polar surface area (TPSA) is 64.3 Å². The number of carbonyl (C=O) groups is 1. The molecule has 1 fully saturated rings. The molecule has 1 atom stereocenters. The SMILES string of the molecule is CC(CN(Cc1cccc(C#N)c1)C1CC1)C(=O)O. The van der Waals surface area contributed by atoms with Gasteiger partial charge in [-0.3, -0.25) is 9.69 Å². The average Bonchev–Trinajstić information content (AvgIpc) is 3.22. The Morgan fingerprint density at radius 2 is 2.32 bits per heavy atom. The first-order valence-corrected chi connectivity index (χ1v) is 6.56. The maximum Gasteiger partial charge on any atom is 0.307 e. The fourth-order valence-corrected chi connectivity index (χ4v) is 2.19. The molecule has 0 heterocycles. The van der Waals surface area contributed by atoms with Gasteiger partial charge in [-0.1, -0.05) is 19.1 Å². The van der Waals surface area contributed by atoms with Crippen molar-refractivity contribution in [3.05, 3.63) is 35.4 Å². The minimum atomic E-state index is -0.753. The standard InChI is InChI=1S/C15H18N2O2/c1-11(15(18)19)9-17(14-5-6-14)10-13-4-2-3-12(7-13)8-16/h2-4,7,11,14H,5-6,9-10H2,1H3,(H,18,19). The fraction of sp³-hybridized carbons (Fsp3) is 0.467. The summed E-state index contributed by atoms with van der Waals surface area (Å²) in [6, 6.07) is 10.2. The summed E-state index contributed by atoms with van der Waals surface area (Å²) in [6.45, 7) is 3.03. The molecule has 1 aliphatic carbocycles. The third kappa shape index (κ3) is 3.80. The van der Waals surface area contributed by atoms with Crippen LogP contribution in [-0.2, 0) is 11.3 Å². The van der Waals surface area contributed by atoms with Gasteiger partial charge in [0, 0.05) is 19.1 Å². The van der Waals surface area contributed by atoms with Crippen LogP contribution in [-0.4, -0.2) is 28.6 Å². The monoisotopic (exact) mass is 258 g/mol. The van der Waals surface area contributed by atoms with Crippen LogP contribution in [0.2, 0.25) is 0 Å². The van der Waals surface area contributed by atoms with Gasteiger partial charge in [0.25, 0.3) is 0 Å². The van der Waals surface area contributed by atoms with Crippen LogP contribution >= 0.6 is 0 Å². The predicted octanol–water partition coefficient (Wildman–Crippen LogP) is 2.24. The van der Waals surface area contributed by atoms with E-state index >= 15 is 0 Å². The van der Waals surface area contributed by atoms with Crippen LogP contribution in [0.15, 0.2) is 24.3 Å². The number of nitriles is 1. The van der Waals surface area contributed by atoms with Crippen molar-refractivity contribution in [1.29, 1.82) is 5.26 Å². The third-order valence-electron chi connectivity index (χ3n) is 3.43. The Bertz CT molecular complexity index is 503. The number of aliphatic carboxylic acids is 1. The molecule has 0 amide bonds. The van der Waals surface area contributed by atoms with Crippen molar-refractivity contribution in [2.45, 2.75) is 32.4 Å². The van der Waals surface area contributed by atoms with Crippen molar-refractivity contribution in [2.75, 3.05) is 6.54 Å². The van der Waals surface area contributed by atoms with E-state index in [0.717, 1.165) is 24.9 Å². The van der Waals surface area contributed by atoms with E-state index in [4.69, 9.17) is 10.4 Å². The number of hydrogen-bond donors (Lipinski definition) is 1. The fourth-order valence-electron chi connectivity index (χ4n) is 2.19. The molecule has 0 bridgehead atoms. The van der Waals surface area contributed by atoms with Crippen molar-refractivity contribution in [3.63, 3.8) is 0 Å². The van der Waals surface area contributed by atoms with Crippen LogP contribution in [0.5, 0.6) is 0 Å². The van der Waals surface area contributed by atoms with Gasteiger partial charge in [-0.2, -0.15) is 5.26 Å². The van der Waals surface area contributed by atoms with Gasteiger partial charge in [0.15, 0.2) is 0 Å². The van der Waals surface area contributed by atoms with Gasteiger partial charge in [-0.15, -0.1) is 0 Å². The number of nitrogens with zero attached hydrogens (tertiary/aromatic N) is 2. The lowest BCUT2D eigenvalue weighted by Crippen LogP contribution is -2.33. The van der Waals surface area contributed by atoms with Gasteiger partial charge in [0.05, 0.1) is 17.6 Å². The number of benzene rings is 1. The van der Waals surface area contributed by atoms with Crippen molar-refractivity contribution < 1.29 is 9.90 Å². The van der Waals surface area contributed by atoms with Gasteiger partial charge >= 0.3 is 5.97 Å². The Labute approximate surface area is 113 Å². The zero-order valence-corrected chi connectivity index (χ0v) is 11.0. The van der Waals surface area contributed by atoms with Gasteiger partial charge in [-0.05, 0) is 30.5 Å². The Kier molecular flexibility index (Phi) is 4.18. The molecule has 1 N–H and O–H groups in total. The highest BCUT2D eigenvalue weighted by molar-refractivity contribution is 5.69. The first-order valence-electron chi connectivity index (χ1n) is 6.56. The summed E-state index contributed by atoms with van der Waals surface area (Å²) >= 11 is 0. The highest BCUT2D eigenvalue weighted by Gasteiger charge is 2.31. The summed E-state index contributed by atoms with van der Waals surface area (Å²) in [4.78, 5) is 13.2. The second kappa shape index (κ2) is 5.85. The molecule has 1 aromatic rings. The lowest BCUT2D eigenvalue weighted by molar-refractivity contribution is -0.141. The zero-order chi connectivity index (χ0) is 13.8. The van der Waals surface area contributed by atoms with E-state index in [2.05, 4.69) is 11.0 Å². The van der Waals surface area contributed by atoms with E-state index < -0.39 is 5.97 Å². The first kappa shape index (κ1) is 13.6. The minimum absolute atomic E-state index is 0.361. The maximum atomic E-state index is 11.0. The van der Waals surface area contributed by atoms with Crippen LogP contribution < -0.4 is 0 Å². The molecular formula is C15H18N2O2. The molecule has 0 radical (unpaired) electrons. The Balaban J connectivity index is 2.04. The van der Waals surface area contributed by atoms with Crippen LogP contribution in [0, 0.1) is 17.2 Å². The number of hydrogen-bond acceptors (Lipinski definition) is 3. The van der Waals surface area contributed by atoms with Crippen molar-refractivity contribution in [1.82, 2.24) is 4.90 Å². The van der Waals surface area contributed by atoms with E-state index in [-0.39, 0.29) is 5.92 Å². The highest BCUT2D eigenvalue weighted by Crippen LogP contribution is 2.29. The summed E-state index contributed by atoms with van der Waals surface area (Å²) in [7, 11) is 0. The molecule has 1 aliphatic rings. The second-order valence-electron chi connectivity index (χ2n) is 5.21. The second-order valence-corrected chi connectivity index (χ2v) is 5.21. The smallest absolute Gasteiger partial charge is 0.307 e. The molecule has 0 aliphatic heterocycles. The molecule has 19 heavy (non-hydrogen) atoms. The molecule has 4 nitrogen and oxygen atoms in total. The third-order valence-corrected chi connectivity index (χ3v) is 3.43. The molecule has 2 rings (SSSR count). The van der Waals surface area contributed by atoms with E-state index in [1.807, 2.05) is 18.2 Å². The van der Waals surface area contributed by atoms with E-state index in [0.29, 0.717) is 18.2 Å². The molecule has 1 aromatic carbocycles. The van der Waals surface area contributed by atoms with Gasteiger partial charge in [0.2, 0.25) is 0 Å². The van der Waals surface area contributed by atoms with Crippen molar-refractivity contribution in [3.8, 4) is 6.07 Å². The molecule has 4 heteroatoms. The van der Waals surface area contributed by atoms with Gasteiger partial charge < -0.3 is 5.11 Å². The van der Waals surface area contributed by atoms with E-state index in [1.54, 1.807) is 13.0 Å². The first-order chi connectivity index (χ1) is 9.10. The lowest BCUT2D eigenvalue weighted by atomic mass is 10.1. The quantitative estimate of drug-likeness (QED) is 0.850. The van der Waals surface area contributed by atoms with E-state index in [9.17, 15) is 4.79 Å². The lowest BCUT2D eigenvalue weighted by Gasteiger charge is -2.24. The summed E-state index contributed by atoms with van der Waals surface area (Å²) in [5, 5.41) is 17.9. The molecule has 0 saturated heterocycles. The number of carboxylic acid groups (broad SMARTS) is 1. The minimum Gasteiger partial charge on any atom is -0.481 e. The molecule has 1 saturated carbocycles. The summed E-state index contributed by atoms with van der Waals surface area (Å²) in [6.07, 6.45) is 2.29. The molecular weight excluding hydrogens is 240 g/mol. The normalized spacial score (nSPS) is 16.1.